The van der Waals surface area contributed by atoms with E-state index < -0.39 is 0 Å². The molecule has 0 aromatic heterocycles. The first-order valence-corrected chi connectivity index (χ1v) is 20.3. The molecule has 1 atom stereocenters. The van der Waals surface area contributed by atoms with Crippen molar-refractivity contribution in [3.63, 3.8) is 0 Å². The second-order valence-electron chi connectivity index (χ2n) is 13.8. The fourth-order valence-electron chi connectivity index (χ4n) is 6.17. The monoisotopic (exact) mass is 654 g/mol. The van der Waals surface area contributed by atoms with E-state index in [0.717, 1.165) is 103 Å². The van der Waals surface area contributed by atoms with Gasteiger partial charge in [0, 0.05) is 19.4 Å². The summed E-state index contributed by atoms with van der Waals surface area (Å²) in [6, 6.07) is 0. The van der Waals surface area contributed by atoms with E-state index in [9.17, 15) is 14.7 Å². The van der Waals surface area contributed by atoms with Gasteiger partial charge in [0.15, 0.2) is 0 Å². The van der Waals surface area contributed by atoms with Crippen molar-refractivity contribution in [2.24, 2.45) is 0 Å². The summed E-state index contributed by atoms with van der Waals surface area (Å²) in [5, 5.41) is 9.51. The van der Waals surface area contributed by atoms with Crippen LogP contribution in [0.15, 0.2) is 0 Å². The van der Waals surface area contributed by atoms with E-state index in [4.69, 9.17) is 9.47 Å². The van der Waals surface area contributed by atoms with Crippen molar-refractivity contribution >= 4 is 11.9 Å². The summed E-state index contributed by atoms with van der Waals surface area (Å²) in [6.45, 7) is 10.2. The molecule has 6 heteroatoms. The van der Waals surface area contributed by atoms with Crippen molar-refractivity contribution in [1.82, 2.24) is 4.90 Å². The van der Waals surface area contributed by atoms with Crippen LogP contribution in [0.5, 0.6) is 0 Å². The van der Waals surface area contributed by atoms with Crippen LogP contribution in [-0.4, -0.2) is 60.9 Å². The highest BCUT2D eigenvalue weighted by Gasteiger charge is 2.14. The van der Waals surface area contributed by atoms with Gasteiger partial charge < -0.3 is 19.5 Å². The molecule has 0 saturated carbocycles. The minimum Gasteiger partial charge on any atom is -0.466 e. The van der Waals surface area contributed by atoms with E-state index in [1.165, 1.54) is 89.9 Å². The molecule has 1 N–H and O–H groups in total. The number of aliphatic hydroxyl groups excluding tert-OH is 1. The molecule has 0 aliphatic rings. The Kier molecular flexibility index (Phi) is 35.8. The average molecular weight is 654 g/mol. The van der Waals surface area contributed by atoms with Crippen molar-refractivity contribution < 1.29 is 24.2 Å². The molecule has 0 fully saturated rings. The lowest BCUT2D eigenvalue weighted by Crippen LogP contribution is -2.29. The van der Waals surface area contributed by atoms with Gasteiger partial charge >= 0.3 is 11.9 Å². The topological polar surface area (TPSA) is 76.1 Å². The predicted octanol–water partition coefficient (Wildman–Crippen LogP) is 11.1. The molecule has 0 amide bonds. The lowest BCUT2D eigenvalue weighted by molar-refractivity contribution is -0.150. The van der Waals surface area contributed by atoms with E-state index >= 15 is 0 Å². The van der Waals surface area contributed by atoms with Gasteiger partial charge in [-0.2, -0.15) is 0 Å². The Hall–Kier alpha value is -1.14. The molecular formula is C40H79NO5. The second-order valence-corrected chi connectivity index (χ2v) is 13.8. The van der Waals surface area contributed by atoms with Crippen molar-refractivity contribution in [3.8, 4) is 0 Å². The van der Waals surface area contributed by atoms with Crippen LogP contribution in [0.4, 0.5) is 0 Å². The van der Waals surface area contributed by atoms with Gasteiger partial charge in [-0.15, -0.1) is 0 Å². The smallest absolute Gasteiger partial charge is 0.306 e. The fraction of sp³-hybridized carbons (Fsp3) is 0.950. The Morgan fingerprint density at radius 3 is 1.41 bits per heavy atom. The number of hydrogen-bond acceptors (Lipinski definition) is 6. The number of ether oxygens (including phenoxy) is 2. The third-order valence-corrected chi connectivity index (χ3v) is 9.20. The maximum Gasteiger partial charge on any atom is 0.306 e. The van der Waals surface area contributed by atoms with Crippen molar-refractivity contribution in [1.29, 1.82) is 0 Å². The first-order chi connectivity index (χ1) is 22.6. The summed E-state index contributed by atoms with van der Waals surface area (Å²) < 4.78 is 11.3. The summed E-state index contributed by atoms with van der Waals surface area (Å²) in [7, 11) is 0. The molecule has 0 spiro atoms. The van der Waals surface area contributed by atoms with E-state index in [1.807, 2.05) is 0 Å². The lowest BCUT2D eigenvalue weighted by atomic mass is 10.0. The van der Waals surface area contributed by atoms with Crippen molar-refractivity contribution in [3.05, 3.63) is 0 Å². The summed E-state index contributed by atoms with van der Waals surface area (Å²) in [4.78, 5) is 26.9. The zero-order valence-corrected chi connectivity index (χ0v) is 31.1. The average Bonchev–Trinajstić information content (AvgIpc) is 3.05. The number of nitrogens with zero attached hydrogens (tertiary/aromatic N) is 1. The fourth-order valence-corrected chi connectivity index (χ4v) is 6.17. The second kappa shape index (κ2) is 36.7. The maximum atomic E-state index is 12.6. The predicted molar refractivity (Wildman–Crippen MR) is 195 cm³/mol. The Morgan fingerprint density at radius 2 is 0.913 bits per heavy atom. The minimum absolute atomic E-state index is 0.00106. The largest absolute Gasteiger partial charge is 0.466 e. The maximum absolute atomic E-state index is 12.6. The van der Waals surface area contributed by atoms with Crippen LogP contribution in [0.25, 0.3) is 0 Å². The van der Waals surface area contributed by atoms with Crippen LogP contribution >= 0.6 is 0 Å². The van der Waals surface area contributed by atoms with Crippen LogP contribution in [0.2, 0.25) is 0 Å². The van der Waals surface area contributed by atoms with E-state index in [-0.39, 0.29) is 24.6 Å². The quantitative estimate of drug-likeness (QED) is 0.0531. The van der Waals surface area contributed by atoms with E-state index in [1.54, 1.807) is 0 Å². The molecular weight excluding hydrogens is 574 g/mol. The molecule has 0 aliphatic carbocycles. The Labute approximate surface area is 286 Å². The number of carbonyl (C=O) groups is 2. The van der Waals surface area contributed by atoms with Gasteiger partial charge in [-0.3, -0.25) is 9.59 Å². The number of aliphatic hydroxyl groups is 1. The summed E-state index contributed by atoms with van der Waals surface area (Å²) in [6.07, 6.45) is 32.7. The molecule has 1 unspecified atom stereocenters. The highest BCUT2D eigenvalue weighted by molar-refractivity contribution is 5.69. The van der Waals surface area contributed by atoms with Gasteiger partial charge in [0.2, 0.25) is 0 Å². The Morgan fingerprint density at radius 1 is 0.500 bits per heavy atom. The van der Waals surface area contributed by atoms with Gasteiger partial charge in [0.25, 0.3) is 0 Å². The first-order valence-electron chi connectivity index (χ1n) is 20.3. The molecule has 0 saturated heterocycles. The van der Waals surface area contributed by atoms with Crippen LogP contribution in [0, 0.1) is 0 Å². The summed E-state index contributed by atoms with van der Waals surface area (Å²) in [5.41, 5.74) is 0. The molecule has 0 heterocycles. The lowest BCUT2D eigenvalue weighted by Gasteiger charge is -2.21. The molecule has 0 radical (unpaired) electrons. The number of rotatable bonds is 37. The molecule has 46 heavy (non-hydrogen) atoms. The van der Waals surface area contributed by atoms with Crippen LogP contribution in [-0.2, 0) is 19.1 Å². The van der Waals surface area contributed by atoms with E-state index in [2.05, 4.69) is 25.7 Å². The van der Waals surface area contributed by atoms with Crippen molar-refractivity contribution in [2.45, 2.75) is 213 Å². The zero-order valence-electron chi connectivity index (χ0n) is 31.1. The third kappa shape index (κ3) is 32.8. The number of esters is 2. The molecule has 0 bridgehead atoms. The summed E-state index contributed by atoms with van der Waals surface area (Å²) >= 11 is 0. The zero-order chi connectivity index (χ0) is 33.8. The van der Waals surface area contributed by atoms with Gasteiger partial charge in [0.1, 0.15) is 6.10 Å². The van der Waals surface area contributed by atoms with Gasteiger partial charge in [0.05, 0.1) is 13.2 Å². The third-order valence-electron chi connectivity index (χ3n) is 9.20. The normalized spacial score (nSPS) is 12.1. The molecule has 0 aromatic rings. The van der Waals surface area contributed by atoms with Gasteiger partial charge in [-0.1, -0.05) is 136 Å². The molecule has 6 nitrogen and oxygen atoms in total. The first kappa shape index (κ1) is 44.9. The van der Waals surface area contributed by atoms with Crippen LogP contribution < -0.4 is 0 Å². The van der Waals surface area contributed by atoms with Crippen LogP contribution in [0.1, 0.15) is 207 Å². The minimum atomic E-state index is -0.0395. The van der Waals surface area contributed by atoms with Crippen molar-refractivity contribution in [2.75, 3.05) is 32.8 Å². The summed E-state index contributed by atoms with van der Waals surface area (Å²) in [5.74, 6) is -0.0384. The standard InChI is InChI=1S/C40H79NO5/c1-4-7-10-13-16-23-30-38(29-22-15-11-8-5-2)46-40(44)32-25-18-20-27-34-41(35-36-42)33-26-19-14-17-24-31-39(43)45-37-28-21-12-9-6-3/h38,42H,4-37H2,1-3H3. The SMILES string of the molecule is CCCCCCCCC(CCCCCCC)OC(=O)CCCCCCN(CCO)CCCCCCCC(=O)OCCCCCCC. The molecule has 0 aliphatic heterocycles. The Bertz CT molecular complexity index is 643. The van der Waals surface area contributed by atoms with Crippen LogP contribution in [0.3, 0.4) is 0 Å². The van der Waals surface area contributed by atoms with Gasteiger partial charge in [-0.05, 0) is 70.9 Å². The number of hydrogen-bond donors (Lipinski definition) is 1. The molecule has 0 rings (SSSR count). The van der Waals surface area contributed by atoms with E-state index in [0.29, 0.717) is 19.4 Å². The highest BCUT2D eigenvalue weighted by atomic mass is 16.5. The highest BCUT2D eigenvalue weighted by Crippen LogP contribution is 2.18. The van der Waals surface area contributed by atoms with Gasteiger partial charge in [-0.25, -0.2) is 0 Å². The number of carbonyl (C=O) groups excluding carboxylic acids is 2. The molecule has 274 valence electrons. The number of unbranched alkanes of at least 4 members (excludes halogenated alkanes) is 20. The molecule has 0 aromatic carbocycles. The Balaban J connectivity index is 3.98.